The van der Waals surface area contributed by atoms with Crippen molar-refractivity contribution in [2.75, 3.05) is 14.1 Å². The molecular weight excluding hydrogens is 286 g/mol. The van der Waals surface area contributed by atoms with Crippen LogP contribution in [0, 0.1) is 0 Å². The first-order valence-corrected chi connectivity index (χ1v) is 5.00. The summed E-state index contributed by atoms with van der Waals surface area (Å²) >= 11 is 6.61. The second-order valence-corrected chi connectivity index (χ2v) is 4.29. The van der Waals surface area contributed by atoms with Crippen molar-refractivity contribution in [1.29, 1.82) is 0 Å². The second kappa shape index (κ2) is 4.30. The fourth-order valence-corrected chi connectivity index (χ4v) is 1.94. The van der Waals surface area contributed by atoms with Crippen LogP contribution in [-0.4, -0.2) is 29.0 Å². The molecule has 0 atom stereocenters. The van der Waals surface area contributed by atoms with E-state index in [1.807, 2.05) is 25.1 Å². The van der Waals surface area contributed by atoms with E-state index in [0.717, 1.165) is 21.6 Å². The largest absolute Gasteiger partial charge is 0.302 e. The highest BCUT2D eigenvalue weighted by atomic mass is 79.9. The number of hydrogen-bond acceptors (Lipinski definition) is 3. The van der Waals surface area contributed by atoms with Crippen LogP contribution < -0.4 is 0 Å². The van der Waals surface area contributed by atoms with Crippen molar-refractivity contribution in [1.82, 2.24) is 14.9 Å². The summed E-state index contributed by atoms with van der Waals surface area (Å²) in [4.78, 5) is 10.4. The Morgan fingerprint density at radius 1 is 1.25 bits per heavy atom. The predicted octanol–water partition coefficient (Wildman–Crippen LogP) is 2.06. The number of nitrogens with zero attached hydrogens (tertiary/aromatic N) is 3. The molecule has 0 aliphatic carbocycles. The molecule has 0 spiro atoms. The summed E-state index contributed by atoms with van der Waals surface area (Å²) in [5, 5.41) is 0. The van der Waals surface area contributed by atoms with Gasteiger partial charge in [-0.05, 0) is 46.0 Å². The third-order valence-corrected chi connectivity index (χ3v) is 1.98. The van der Waals surface area contributed by atoms with Crippen molar-refractivity contribution >= 4 is 31.9 Å². The zero-order valence-corrected chi connectivity index (χ0v) is 10.1. The Bertz CT molecular complexity index is 255. The Balaban J connectivity index is 2.85. The van der Waals surface area contributed by atoms with E-state index in [4.69, 9.17) is 0 Å². The van der Waals surface area contributed by atoms with Gasteiger partial charge in [0.1, 0.15) is 15.0 Å². The second-order valence-electron chi connectivity index (χ2n) is 2.67. The molecule has 0 aliphatic heterocycles. The third kappa shape index (κ3) is 3.16. The lowest BCUT2D eigenvalue weighted by Gasteiger charge is -2.07. The molecule has 0 aromatic carbocycles. The lowest BCUT2D eigenvalue weighted by atomic mass is 10.5. The van der Waals surface area contributed by atoms with Gasteiger partial charge in [0.15, 0.2) is 0 Å². The van der Waals surface area contributed by atoms with Crippen molar-refractivity contribution in [2.45, 2.75) is 6.54 Å². The normalized spacial score (nSPS) is 10.8. The molecule has 0 unspecified atom stereocenters. The maximum Gasteiger partial charge on any atom is 0.144 e. The molecule has 1 aromatic heterocycles. The fourth-order valence-electron chi connectivity index (χ4n) is 0.788. The molecule has 0 saturated heterocycles. The first kappa shape index (κ1) is 10.1. The van der Waals surface area contributed by atoms with Crippen molar-refractivity contribution < 1.29 is 0 Å². The smallest absolute Gasteiger partial charge is 0.144 e. The molecular formula is C7H9Br2N3. The van der Waals surface area contributed by atoms with Gasteiger partial charge >= 0.3 is 0 Å². The predicted molar refractivity (Wildman–Crippen MR) is 54.8 cm³/mol. The van der Waals surface area contributed by atoms with E-state index >= 15 is 0 Å². The van der Waals surface area contributed by atoms with Crippen LogP contribution >= 0.6 is 31.9 Å². The van der Waals surface area contributed by atoms with Crippen molar-refractivity contribution in [3.63, 3.8) is 0 Å². The van der Waals surface area contributed by atoms with Gasteiger partial charge in [0.05, 0.1) is 6.54 Å². The van der Waals surface area contributed by atoms with Gasteiger partial charge in [-0.3, -0.25) is 0 Å². The Kier molecular flexibility index (Phi) is 3.61. The molecule has 0 bridgehead atoms. The highest BCUT2D eigenvalue weighted by Crippen LogP contribution is 2.13. The van der Waals surface area contributed by atoms with Gasteiger partial charge in [-0.25, -0.2) is 9.97 Å². The average Bonchev–Trinajstić information content (AvgIpc) is 1.81. The van der Waals surface area contributed by atoms with Gasteiger partial charge in [-0.1, -0.05) is 0 Å². The maximum atomic E-state index is 4.21. The van der Waals surface area contributed by atoms with Crippen LogP contribution in [0.25, 0.3) is 0 Å². The number of hydrogen-bond donors (Lipinski definition) is 0. The molecule has 1 heterocycles. The maximum absolute atomic E-state index is 4.21. The minimum Gasteiger partial charge on any atom is -0.302 e. The molecule has 1 rings (SSSR count). The molecule has 66 valence electrons. The van der Waals surface area contributed by atoms with Crippen LogP contribution in [0.5, 0.6) is 0 Å². The molecule has 0 saturated carbocycles. The van der Waals surface area contributed by atoms with E-state index in [0.29, 0.717) is 0 Å². The number of halogens is 2. The van der Waals surface area contributed by atoms with Crippen LogP contribution in [0.2, 0.25) is 0 Å². The van der Waals surface area contributed by atoms with Crippen LogP contribution in [0.4, 0.5) is 0 Å². The Hall–Kier alpha value is -0.0000000000000000555. The fraction of sp³-hybridized carbons (Fsp3) is 0.429. The first-order chi connectivity index (χ1) is 5.58. The Labute approximate surface area is 88.5 Å². The zero-order chi connectivity index (χ0) is 9.14. The summed E-state index contributed by atoms with van der Waals surface area (Å²) in [6, 6.07) is 1.82. The van der Waals surface area contributed by atoms with Crippen LogP contribution in [0.3, 0.4) is 0 Å². The molecule has 0 radical (unpaired) electrons. The summed E-state index contributed by atoms with van der Waals surface area (Å²) in [5.41, 5.74) is 0. The van der Waals surface area contributed by atoms with Crippen LogP contribution in [0.1, 0.15) is 5.82 Å². The molecule has 1 aromatic rings. The zero-order valence-electron chi connectivity index (χ0n) is 6.88. The molecule has 3 nitrogen and oxygen atoms in total. The van der Waals surface area contributed by atoms with E-state index in [-0.39, 0.29) is 0 Å². The third-order valence-electron chi connectivity index (χ3n) is 1.17. The van der Waals surface area contributed by atoms with Gasteiger partial charge < -0.3 is 4.90 Å². The number of aromatic nitrogens is 2. The van der Waals surface area contributed by atoms with Gasteiger partial charge in [0.2, 0.25) is 0 Å². The number of rotatable bonds is 2. The first-order valence-electron chi connectivity index (χ1n) is 3.41. The quantitative estimate of drug-likeness (QED) is 0.782. The Morgan fingerprint density at radius 3 is 2.17 bits per heavy atom. The molecule has 0 N–H and O–H groups in total. The van der Waals surface area contributed by atoms with E-state index in [1.54, 1.807) is 0 Å². The minimum atomic E-state index is 0.748. The SMILES string of the molecule is CN(C)Cc1nc(Br)cc(Br)n1. The van der Waals surface area contributed by atoms with Crippen LogP contribution in [-0.2, 0) is 6.54 Å². The molecule has 0 fully saturated rings. The van der Waals surface area contributed by atoms with E-state index in [9.17, 15) is 0 Å². The van der Waals surface area contributed by atoms with Gasteiger partial charge in [0.25, 0.3) is 0 Å². The van der Waals surface area contributed by atoms with Crippen molar-refractivity contribution in [3.8, 4) is 0 Å². The lowest BCUT2D eigenvalue weighted by molar-refractivity contribution is 0.389. The van der Waals surface area contributed by atoms with E-state index in [2.05, 4.69) is 41.8 Å². The standard InChI is InChI=1S/C7H9Br2N3/c1-12(2)4-7-10-5(8)3-6(9)11-7/h3H,4H2,1-2H3. The van der Waals surface area contributed by atoms with Crippen molar-refractivity contribution in [2.24, 2.45) is 0 Å². The lowest BCUT2D eigenvalue weighted by Crippen LogP contribution is -2.13. The summed E-state index contributed by atoms with van der Waals surface area (Å²) < 4.78 is 1.61. The van der Waals surface area contributed by atoms with Gasteiger partial charge in [0, 0.05) is 6.07 Å². The average molecular weight is 295 g/mol. The summed E-state index contributed by atoms with van der Waals surface area (Å²) in [7, 11) is 3.97. The van der Waals surface area contributed by atoms with E-state index in [1.165, 1.54) is 0 Å². The van der Waals surface area contributed by atoms with E-state index < -0.39 is 0 Å². The Morgan fingerprint density at radius 2 is 1.75 bits per heavy atom. The van der Waals surface area contributed by atoms with Gasteiger partial charge in [-0.15, -0.1) is 0 Å². The minimum absolute atomic E-state index is 0.748. The summed E-state index contributed by atoms with van der Waals surface area (Å²) in [5.74, 6) is 0.807. The monoisotopic (exact) mass is 293 g/mol. The highest BCUT2D eigenvalue weighted by molar-refractivity contribution is 9.11. The molecule has 12 heavy (non-hydrogen) atoms. The van der Waals surface area contributed by atoms with Crippen LogP contribution in [0.15, 0.2) is 15.3 Å². The molecule has 5 heteroatoms. The highest BCUT2D eigenvalue weighted by Gasteiger charge is 2.01. The topological polar surface area (TPSA) is 29.0 Å². The molecule has 0 aliphatic rings. The molecule has 0 amide bonds. The summed E-state index contributed by atoms with van der Waals surface area (Å²) in [6.45, 7) is 0.748. The van der Waals surface area contributed by atoms with Gasteiger partial charge in [-0.2, -0.15) is 0 Å². The van der Waals surface area contributed by atoms with Crippen molar-refractivity contribution in [3.05, 3.63) is 21.1 Å². The summed E-state index contributed by atoms with van der Waals surface area (Å²) in [6.07, 6.45) is 0.